The number of carbonyl (C=O) groups is 1. The molecule has 2 aromatic rings. The molecule has 2 N–H and O–H groups in total. The van der Waals surface area contributed by atoms with Gasteiger partial charge in [-0.15, -0.1) is 0 Å². The molecule has 0 radical (unpaired) electrons. The molecular weight excluding hydrogens is 226 g/mol. The van der Waals surface area contributed by atoms with E-state index in [0.717, 1.165) is 17.2 Å². The molecule has 0 bridgehead atoms. The number of amides is 1. The van der Waals surface area contributed by atoms with Crippen molar-refractivity contribution >= 4 is 22.5 Å². The largest absolute Gasteiger partial charge is 0.383 e. The molecule has 4 heteroatoms. The molecule has 0 unspecified atom stereocenters. The Kier molecular flexibility index (Phi) is 3.46. The highest BCUT2D eigenvalue weighted by Gasteiger charge is 2.14. The molecule has 2 rings (SSSR count). The molecule has 0 saturated carbocycles. The number of aromatic nitrogens is 1. The Morgan fingerprint density at radius 1 is 1.39 bits per heavy atom. The van der Waals surface area contributed by atoms with Crippen molar-refractivity contribution < 1.29 is 4.79 Å². The van der Waals surface area contributed by atoms with Crippen LogP contribution in [0.25, 0.3) is 10.8 Å². The van der Waals surface area contributed by atoms with Crippen molar-refractivity contribution in [3.05, 3.63) is 36.0 Å². The average Bonchev–Trinajstić information content (AvgIpc) is 2.38. The summed E-state index contributed by atoms with van der Waals surface area (Å²) in [4.78, 5) is 18.0. The van der Waals surface area contributed by atoms with Crippen LogP contribution in [0.3, 0.4) is 0 Å². The van der Waals surface area contributed by atoms with Gasteiger partial charge in [0.05, 0.1) is 0 Å². The quantitative estimate of drug-likeness (QED) is 0.899. The molecule has 0 aliphatic heterocycles. The van der Waals surface area contributed by atoms with Crippen LogP contribution in [0.15, 0.2) is 30.3 Å². The van der Waals surface area contributed by atoms with Crippen LogP contribution in [0.1, 0.15) is 23.8 Å². The third kappa shape index (κ3) is 2.27. The van der Waals surface area contributed by atoms with Crippen LogP contribution in [-0.2, 0) is 0 Å². The first-order valence-electron chi connectivity index (χ1n) is 6.04. The number of nitrogen functional groups attached to an aromatic ring is 1. The Morgan fingerprint density at radius 3 is 2.83 bits per heavy atom. The van der Waals surface area contributed by atoms with Crippen LogP contribution in [0, 0.1) is 0 Å². The van der Waals surface area contributed by atoms with E-state index in [1.165, 1.54) is 0 Å². The van der Waals surface area contributed by atoms with Crippen molar-refractivity contribution in [2.75, 3.05) is 19.3 Å². The lowest BCUT2D eigenvalue weighted by Gasteiger charge is -2.16. The van der Waals surface area contributed by atoms with Crippen molar-refractivity contribution in [2.24, 2.45) is 0 Å². The van der Waals surface area contributed by atoms with E-state index in [1.54, 1.807) is 18.0 Å². The summed E-state index contributed by atoms with van der Waals surface area (Å²) in [5.74, 6) is 0.315. The minimum absolute atomic E-state index is 0.0886. The zero-order valence-corrected chi connectivity index (χ0v) is 10.7. The smallest absolute Gasteiger partial charge is 0.272 e. The van der Waals surface area contributed by atoms with Crippen molar-refractivity contribution in [1.29, 1.82) is 0 Å². The van der Waals surface area contributed by atoms with E-state index in [2.05, 4.69) is 4.98 Å². The summed E-state index contributed by atoms with van der Waals surface area (Å²) in [5, 5.41) is 1.82. The Morgan fingerprint density at radius 2 is 2.11 bits per heavy atom. The van der Waals surface area contributed by atoms with Gasteiger partial charge >= 0.3 is 0 Å². The Bertz CT molecular complexity index is 580. The number of hydrogen-bond acceptors (Lipinski definition) is 3. The Hall–Kier alpha value is -2.10. The summed E-state index contributed by atoms with van der Waals surface area (Å²) >= 11 is 0. The van der Waals surface area contributed by atoms with E-state index >= 15 is 0 Å². The summed E-state index contributed by atoms with van der Waals surface area (Å²) in [7, 11) is 1.78. The number of carbonyl (C=O) groups excluding carboxylic acids is 1. The molecular formula is C14H17N3O. The highest BCUT2D eigenvalue weighted by Crippen LogP contribution is 2.20. The normalized spacial score (nSPS) is 10.6. The summed E-state index contributed by atoms with van der Waals surface area (Å²) < 4.78 is 0. The lowest BCUT2D eigenvalue weighted by atomic mass is 10.1. The van der Waals surface area contributed by atoms with Gasteiger partial charge in [-0.1, -0.05) is 31.2 Å². The maximum Gasteiger partial charge on any atom is 0.272 e. The van der Waals surface area contributed by atoms with Gasteiger partial charge < -0.3 is 10.6 Å². The molecule has 1 aromatic heterocycles. The molecule has 0 aliphatic rings. The summed E-state index contributed by atoms with van der Waals surface area (Å²) in [6.45, 7) is 2.75. The predicted molar refractivity (Wildman–Crippen MR) is 73.4 cm³/mol. The molecule has 0 saturated heterocycles. The van der Waals surface area contributed by atoms with E-state index in [4.69, 9.17) is 5.73 Å². The molecule has 1 aromatic carbocycles. The van der Waals surface area contributed by atoms with E-state index in [1.807, 2.05) is 31.2 Å². The van der Waals surface area contributed by atoms with Crippen LogP contribution >= 0.6 is 0 Å². The minimum Gasteiger partial charge on any atom is -0.383 e. The molecule has 4 nitrogen and oxygen atoms in total. The fourth-order valence-corrected chi connectivity index (χ4v) is 1.97. The van der Waals surface area contributed by atoms with Crippen LogP contribution in [0.5, 0.6) is 0 Å². The first-order valence-corrected chi connectivity index (χ1v) is 6.04. The fourth-order valence-electron chi connectivity index (χ4n) is 1.97. The van der Waals surface area contributed by atoms with Gasteiger partial charge in [-0.05, 0) is 17.9 Å². The van der Waals surface area contributed by atoms with Gasteiger partial charge in [0.1, 0.15) is 11.5 Å². The number of anilines is 1. The van der Waals surface area contributed by atoms with Gasteiger partial charge in [0.2, 0.25) is 0 Å². The van der Waals surface area contributed by atoms with E-state index in [0.29, 0.717) is 18.1 Å². The van der Waals surface area contributed by atoms with E-state index in [-0.39, 0.29) is 5.91 Å². The average molecular weight is 243 g/mol. The lowest BCUT2D eigenvalue weighted by molar-refractivity contribution is 0.0790. The Balaban J connectivity index is 2.43. The standard InChI is InChI=1S/C14H17N3O/c1-3-8-17(2)14(18)12-9-10-6-4-5-7-11(10)13(15)16-12/h4-7,9H,3,8H2,1-2H3,(H2,15,16). The van der Waals surface area contributed by atoms with Crippen LogP contribution < -0.4 is 5.73 Å². The zero-order chi connectivity index (χ0) is 13.1. The number of nitrogens with two attached hydrogens (primary N) is 1. The number of nitrogens with zero attached hydrogens (tertiary/aromatic N) is 2. The maximum atomic E-state index is 12.1. The second-order valence-corrected chi connectivity index (χ2v) is 4.34. The molecule has 0 spiro atoms. The fraction of sp³-hybridized carbons (Fsp3) is 0.286. The highest BCUT2D eigenvalue weighted by molar-refractivity contribution is 5.99. The van der Waals surface area contributed by atoms with Crippen molar-refractivity contribution in [3.63, 3.8) is 0 Å². The van der Waals surface area contributed by atoms with Crippen LogP contribution in [-0.4, -0.2) is 29.4 Å². The number of rotatable bonds is 3. The summed E-state index contributed by atoms with van der Waals surface area (Å²) in [5.41, 5.74) is 6.29. The van der Waals surface area contributed by atoms with Crippen molar-refractivity contribution in [1.82, 2.24) is 9.88 Å². The second-order valence-electron chi connectivity index (χ2n) is 4.34. The van der Waals surface area contributed by atoms with Crippen molar-refractivity contribution in [2.45, 2.75) is 13.3 Å². The van der Waals surface area contributed by atoms with Gasteiger partial charge in [0.25, 0.3) is 5.91 Å². The topological polar surface area (TPSA) is 59.2 Å². The molecule has 0 atom stereocenters. The minimum atomic E-state index is -0.0886. The van der Waals surface area contributed by atoms with E-state index in [9.17, 15) is 4.79 Å². The van der Waals surface area contributed by atoms with Gasteiger partial charge in [-0.3, -0.25) is 4.79 Å². The summed E-state index contributed by atoms with van der Waals surface area (Å²) in [6, 6.07) is 9.46. The first-order chi connectivity index (χ1) is 8.63. The van der Waals surface area contributed by atoms with Gasteiger partial charge in [0, 0.05) is 19.0 Å². The molecule has 18 heavy (non-hydrogen) atoms. The number of benzene rings is 1. The molecule has 1 amide bonds. The molecule has 1 heterocycles. The highest BCUT2D eigenvalue weighted by atomic mass is 16.2. The first kappa shape index (κ1) is 12.4. The predicted octanol–water partition coefficient (Wildman–Crippen LogP) is 2.30. The Labute approximate surface area is 106 Å². The number of hydrogen-bond donors (Lipinski definition) is 1. The van der Waals surface area contributed by atoms with Crippen LogP contribution in [0.4, 0.5) is 5.82 Å². The second kappa shape index (κ2) is 5.04. The van der Waals surface area contributed by atoms with Gasteiger partial charge in [0.15, 0.2) is 0 Å². The van der Waals surface area contributed by atoms with Crippen molar-refractivity contribution in [3.8, 4) is 0 Å². The van der Waals surface area contributed by atoms with Gasteiger partial charge in [-0.2, -0.15) is 0 Å². The third-order valence-corrected chi connectivity index (χ3v) is 2.89. The number of fused-ring (bicyclic) bond motifs is 1. The maximum absolute atomic E-state index is 12.1. The van der Waals surface area contributed by atoms with E-state index < -0.39 is 0 Å². The molecule has 0 aliphatic carbocycles. The SMILES string of the molecule is CCCN(C)C(=O)c1cc2ccccc2c(N)n1. The zero-order valence-electron chi connectivity index (χ0n) is 10.7. The monoisotopic (exact) mass is 243 g/mol. The van der Waals surface area contributed by atoms with Crippen LogP contribution in [0.2, 0.25) is 0 Å². The van der Waals surface area contributed by atoms with Gasteiger partial charge in [-0.25, -0.2) is 4.98 Å². The summed E-state index contributed by atoms with van der Waals surface area (Å²) in [6.07, 6.45) is 0.922. The molecule has 94 valence electrons. The third-order valence-electron chi connectivity index (χ3n) is 2.89. The lowest BCUT2D eigenvalue weighted by Crippen LogP contribution is -2.28. The molecule has 0 fully saturated rings. The number of pyridine rings is 1.